The number of carbonyl (C=O) groups excluding carboxylic acids is 1. The second-order valence-corrected chi connectivity index (χ2v) is 6.55. The van der Waals surface area contributed by atoms with E-state index in [2.05, 4.69) is 12.1 Å². The van der Waals surface area contributed by atoms with Crippen LogP contribution < -0.4 is 0 Å². The summed E-state index contributed by atoms with van der Waals surface area (Å²) in [6, 6.07) is 10.2. The van der Waals surface area contributed by atoms with Gasteiger partial charge < -0.3 is 9.47 Å². The molecule has 20 heavy (non-hydrogen) atoms. The summed E-state index contributed by atoms with van der Waals surface area (Å²) in [4.78, 5) is 11.7. The highest BCUT2D eigenvalue weighted by Crippen LogP contribution is 2.33. The van der Waals surface area contributed by atoms with Crippen LogP contribution in [0.3, 0.4) is 0 Å². The van der Waals surface area contributed by atoms with Crippen molar-refractivity contribution in [2.45, 2.75) is 58.3 Å². The third-order valence-electron chi connectivity index (χ3n) is 3.40. The Morgan fingerprint density at radius 2 is 1.85 bits per heavy atom. The lowest BCUT2D eigenvalue weighted by atomic mass is 9.80. The van der Waals surface area contributed by atoms with Crippen LogP contribution in [0, 0.1) is 5.92 Å². The summed E-state index contributed by atoms with van der Waals surface area (Å²) in [5.41, 5.74) is 0.812. The highest BCUT2D eigenvalue weighted by Gasteiger charge is 2.32. The van der Waals surface area contributed by atoms with E-state index in [-0.39, 0.29) is 11.6 Å². The molecule has 1 saturated carbocycles. The monoisotopic (exact) mass is 276 g/mol. The molecular weight excluding hydrogens is 252 g/mol. The van der Waals surface area contributed by atoms with E-state index in [0.29, 0.717) is 25.0 Å². The second-order valence-electron chi connectivity index (χ2n) is 6.55. The molecule has 0 spiro atoms. The largest absolute Gasteiger partial charge is 0.460 e. The van der Waals surface area contributed by atoms with Gasteiger partial charge in [0.2, 0.25) is 0 Å². The lowest BCUT2D eigenvalue weighted by molar-refractivity contribution is -0.158. The maximum Gasteiger partial charge on any atom is 0.306 e. The SMILES string of the molecule is CC(C)(C)OC(=O)C[C@H]1C[C@@H](OCc2ccccc2)C1. The minimum absolute atomic E-state index is 0.0935. The summed E-state index contributed by atoms with van der Waals surface area (Å²) in [6.07, 6.45) is 2.74. The van der Waals surface area contributed by atoms with E-state index in [1.165, 1.54) is 5.56 Å². The van der Waals surface area contributed by atoms with Crippen molar-refractivity contribution in [2.75, 3.05) is 0 Å². The molecular formula is C17H24O3. The number of benzene rings is 1. The molecule has 3 heteroatoms. The zero-order chi connectivity index (χ0) is 14.6. The van der Waals surface area contributed by atoms with Crippen molar-refractivity contribution in [1.82, 2.24) is 0 Å². The molecule has 110 valence electrons. The van der Waals surface area contributed by atoms with Crippen molar-refractivity contribution in [3.05, 3.63) is 35.9 Å². The van der Waals surface area contributed by atoms with Gasteiger partial charge in [0.15, 0.2) is 0 Å². The summed E-state index contributed by atoms with van der Waals surface area (Å²) >= 11 is 0. The van der Waals surface area contributed by atoms with Gasteiger partial charge in [-0.15, -0.1) is 0 Å². The molecule has 1 aromatic carbocycles. The highest BCUT2D eigenvalue weighted by atomic mass is 16.6. The maximum absolute atomic E-state index is 11.7. The molecule has 0 radical (unpaired) electrons. The molecule has 1 aliphatic carbocycles. The number of hydrogen-bond acceptors (Lipinski definition) is 3. The van der Waals surface area contributed by atoms with Crippen LogP contribution in [0.15, 0.2) is 30.3 Å². The molecule has 1 aliphatic rings. The van der Waals surface area contributed by atoms with E-state index < -0.39 is 0 Å². The normalized spacial score (nSPS) is 22.1. The van der Waals surface area contributed by atoms with Gasteiger partial charge in [-0.2, -0.15) is 0 Å². The lowest BCUT2D eigenvalue weighted by Crippen LogP contribution is -2.34. The van der Waals surface area contributed by atoms with E-state index >= 15 is 0 Å². The highest BCUT2D eigenvalue weighted by molar-refractivity contribution is 5.70. The number of esters is 1. The molecule has 1 aromatic rings. The minimum atomic E-state index is -0.385. The third-order valence-corrected chi connectivity index (χ3v) is 3.40. The van der Waals surface area contributed by atoms with Crippen molar-refractivity contribution < 1.29 is 14.3 Å². The number of ether oxygens (including phenoxy) is 2. The molecule has 0 bridgehead atoms. The zero-order valence-electron chi connectivity index (χ0n) is 12.6. The smallest absolute Gasteiger partial charge is 0.306 e. The fourth-order valence-electron chi connectivity index (χ4n) is 2.38. The summed E-state index contributed by atoms with van der Waals surface area (Å²) in [6.45, 7) is 6.36. The van der Waals surface area contributed by atoms with Gasteiger partial charge >= 0.3 is 5.97 Å². The van der Waals surface area contributed by atoms with Crippen LogP contribution in [-0.2, 0) is 20.9 Å². The van der Waals surface area contributed by atoms with Crippen LogP contribution in [0.2, 0.25) is 0 Å². The number of hydrogen-bond donors (Lipinski definition) is 0. The Kier molecular flexibility index (Phi) is 4.81. The molecule has 3 nitrogen and oxygen atoms in total. The Labute approximate surface area is 121 Å². The van der Waals surface area contributed by atoms with Crippen LogP contribution in [-0.4, -0.2) is 17.7 Å². The Bertz CT molecular complexity index is 427. The van der Waals surface area contributed by atoms with Gasteiger partial charge in [-0.25, -0.2) is 0 Å². The van der Waals surface area contributed by atoms with Crippen molar-refractivity contribution >= 4 is 5.97 Å². The first kappa shape index (κ1) is 15.0. The maximum atomic E-state index is 11.7. The summed E-state index contributed by atoms with van der Waals surface area (Å²) in [7, 11) is 0. The summed E-state index contributed by atoms with van der Waals surface area (Å²) in [5, 5.41) is 0. The molecule has 0 atom stereocenters. The molecule has 0 saturated heterocycles. The molecule has 0 amide bonds. The van der Waals surface area contributed by atoms with Gasteiger partial charge in [-0.1, -0.05) is 30.3 Å². The topological polar surface area (TPSA) is 35.5 Å². The van der Waals surface area contributed by atoms with E-state index in [9.17, 15) is 4.79 Å². The quantitative estimate of drug-likeness (QED) is 0.769. The van der Waals surface area contributed by atoms with Gasteiger partial charge in [0.1, 0.15) is 5.60 Å². The fourth-order valence-corrected chi connectivity index (χ4v) is 2.38. The predicted octanol–water partition coefficient (Wildman–Crippen LogP) is 3.71. The van der Waals surface area contributed by atoms with Crippen molar-refractivity contribution in [3.8, 4) is 0 Å². The molecule has 2 rings (SSSR count). The Morgan fingerprint density at radius 3 is 2.45 bits per heavy atom. The molecule has 0 heterocycles. The Hall–Kier alpha value is -1.35. The average Bonchev–Trinajstić information content (AvgIpc) is 2.31. The van der Waals surface area contributed by atoms with Crippen molar-refractivity contribution in [2.24, 2.45) is 5.92 Å². The third kappa shape index (κ3) is 4.97. The molecule has 0 aliphatic heterocycles. The molecule has 0 unspecified atom stereocenters. The van der Waals surface area contributed by atoms with E-state index in [0.717, 1.165) is 12.8 Å². The summed E-state index contributed by atoms with van der Waals surface area (Å²) in [5.74, 6) is 0.328. The standard InChI is InChI=1S/C17H24O3/c1-17(2,3)20-16(18)11-14-9-15(10-14)19-12-13-7-5-4-6-8-13/h4-8,14-15H,9-12H2,1-3H3/t14-,15+. The summed E-state index contributed by atoms with van der Waals surface area (Å²) < 4.78 is 11.2. The van der Waals surface area contributed by atoms with Crippen LogP contribution in [0.1, 0.15) is 45.6 Å². The first-order valence-electron chi connectivity index (χ1n) is 7.30. The number of rotatable bonds is 5. The fraction of sp³-hybridized carbons (Fsp3) is 0.588. The van der Waals surface area contributed by atoms with E-state index in [1.54, 1.807) is 0 Å². The molecule has 0 aromatic heterocycles. The van der Waals surface area contributed by atoms with Crippen molar-refractivity contribution in [3.63, 3.8) is 0 Å². The van der Waals surface area contributed by atoms with Gasteiger partial charge in [0.25, 0.3) is 0 Å². The zero-order valence-corrected chi connectivity index (χ0v) is 12.6. The lowest BCUT2D eigenvalue weighted by Gasteiger charge is -2.35. The van der Waals surface area contributed by atoms with Crippen LogP contribution in [0.5, 0.6) is 0 Å². The molecule has 1 fully saturated rings. The van der Waals surface area contributed by atoms with Gasteiger partial charge in [-0.3, -0.25) is 4.79 Å². The van der Waals surface area contributed by atoms with Crippen LogP contribution >= 0.6 is 0 Å². The minimum Gasteiger partial charge on any atom is -0.460 e. The van der Waals surface area contributed by atoms with E-state index in [4.69, 9.17) is 9.47 Å². The molecule has 0 N–H and O–H groups in total. The first-order chi connectivity index (χ1) is 9.42. The predicted molar refractivity (Wildman–Crippen MR) is 78.2 cm³/mol. The van der Waals surface area contributed by atoms with Crippen LogP contribution in [0.25, 0.3) is 0 Å². The number of carbonyl (C=O) groups is 1. The van der Waals surface area contributed by atoms with Gasteiger partial charge in [-0.05, 0) is 45.1 Å². The van der Waals surface area contributed by atoms with Gasteiger partial charge in [0, 0.05) is 6.42 Å². The van der Waals surface area contributed by atoms with Crippen molar-refractivity contribution in [1.29, 1.82) is 0 Å². The van der Waals surface area contributed by atoms with Gasteiger partial charge in [0.05, 0.1) is 12.7 Å². The second kappa shape index (κ2) is 6.40. The van der Waals surface area contributed by atoms with Crippen LogP contribution in [0.4, 0.5) is 0 Å². The first-order valence-corrected chi connectivity index (χ1v) is 7.30. The Morgan fingerprint density at radius 1 is 1.20 bits per heavy atom. The Balaban J connectivity index is 1.62. The average molecular weight is 276 g/mol. The van der Waals surface area contributed by atoms with E-state index in [1.807, 2.05) is 39.0 Å².